The summed E-state index contributed by atoms with van der Waals surface area (Å²) < 4.78 is 22.8. The third-order valence-electron chi connectivity index (χ3n) is 6.61. The molecule has 2 aliphatic rings. The molecule has 9 heteroatoms. The molecule has 1 aliphatic carbocycles. The van der Waals surface area contributed by atoms with Crippen molar-refractivity contribution in [3.8, 4) is 0 Å². The summed E-state index contributed by atoms with van der Waals surface area (Å²) in [7, 11) is -3.73. The van der Waals surface area contributed by atoms with Crippen LogP contribution in [0.3, 0.4) is 0 Å². The smallest absolute Gasteiger partial charge is 0.239 e. The van der Waals surface area contributed by atoms with Gasteiger partial charge in [0.15, 0.2) is 5.78 Å². The van der Waals surface area contributed by atoms with E-state index in [4.69, 9.17) is 5.14 Å². The molecule has 35 heavy (non-hydrogen) atoms. The van der Waals surface area contributed by atoms with Crippen LogP contribution in [-0.4, -0.2) is 39.2 Å². The van der Waals surface area contributed by atoms with E-state index in [9.17, 15) is 18.0 Å². The van der Waals surface area contributed by atoms with Crippen molar-refractivity contribution in [1.82, 2.24) is 5.32 Å². The molecule has 8 nitrogen and oxygen atoms in total. The van der Waals surface area contributed by atoms with Crippen molar-refractivity contribution in [3.63, 3.8) is 0 Å². The Kier molecular flexibility index (Phi) is 6.75. The van der Waals surface area contributed by atoms with Gasteiger partial charge in [0, 0.05) is 24.2 Å². The minimum Gasteiger partial charge on any atom is -0.357 e. The molecular weight excluding hydrogens is 464 g/mol. The number of carbonyl (C=O) groups is 2. The zero-order valence-corrected chi connectivity index (χ0v) is 21.1. The number of allylic oxidation sites excluding steroid dienone is 1. The Labute approximate surface area is 206 Å². The minimum absolute atomic E-state index is 0.0574. The van der Waals surface area contributed by atoms with Crippen LogP contribution in [0.25, 0.3) is 0 Å². The fourth-order valence-corrected chi connectivity index (χ4v) is 5.43. The van der Waals surface area contributed by atoms with E-state index in [-0.39, 0.29) is 34.6 Å². The van der Waals surface area contributed by atoms with Gasteiger partial charge in [-0.25, -0.2) is 13.6 Å². The minimum atomic E-state index is -3.73. The first-order valence-electron chi connectivity index (χ1n) is 11.7. The predicted octanol–water partition coefficient (Wildman–Crippen LogP) is 2.96. The lowest BCUT2D eigenvalue weighted by atomic mass is 9.74. The molecule has 1 aliphatic heterocycles. The van der Waals surface area contributed by atoms with Gasteiger partial charge in [-0.2, -0.15) is 0 Å². The fraction of sp³-hybridized carbons (Fsp3) is 0.385. The molecule has 0 aromatic heterocycles. The maximum absolute atomic E-state index is 13.1. The molecule has 1 atom stereocenters. The second-order valence-electron chi connectivity index (χ2n) is 10.1. The van der Waals surface area contributed by atoms with E-state index >= 15 is 0 Å². The largest absolute Gasteiger partial charge is 0.357 e. The number of nitrogens with one attached hydrogen (secondary N) is 2. The summed E-state index contributed by atoms with van der Waals surface area (Å²) in [6.07, 6.45) is 1.81. The number of rotatable bonds is 6. The van der Waals surface area contributed by atoms with Crippen LogP contribution in [0, 0.1) is 5.41 Å². The lowest BCUT2D eigenvalue weighted by molar-refractivity contribution is -0.120. The molecule has 0 fully saturated rings. The summed E-state index contributed by atoms with van der Waals surface area (Å²) in [4.78, 5) is 28.1. The normalized spacial score (nSPS) is 19.4. The van der Waals surface area contributed by atoms with Crippen molar-refractivity contribution < 1.29 is 18.0 Å². The van der Waals surface area contributed by atoms with Crippen molar-refractivity contribution >= 4 is 33.1 Å². The number of benzene rings is 2. The van der Waals surface area contributed by atoms with Crippen LogP contribution in [-0.2, 0) is 26.0 Å². The van der Waals surface area contributed by atoms with Crippen LogP contribution in [0.2, 0.25) is 0 Å². The molecule has 186 valence electrons. The first kappa shape index (κ1) is 24.9. The highest BCUT2D eigenvalue weighted by molar-refractivity contribution is 7.89. The number of anilines is 2. The maximum atomic E-state index is 13.1. The number of amides is 1. The number of primary sulfonamides is 1. The Hall–Kier alpha value is -3.17. The number of Topliss-reactive ketones (excluding diaryl/α,β-unsaturated/α-hetero) is 1. The molecule has 1 unspecified atom stereocenters. The molecule has 0 saturated heterocycles. The number of sulfonamides is 1. The molecule has 4 N–H and O–H groups in total. The van der Waals surface area contributed by atoms with Gasteiger partial charge in [-0.15, -0.1) is 0 Å². The number of ketones is 1. The van der Waals surface area contributed by atoms with Gasteiger partial charge in [-0.3, -0.25) is 9.59 Å². The molecule has 2 aromatic carbocycles. The number of hydrogen-bond acceptors (Lipinski definition) is 6. The molecule has 4 rings (SSSR count). The Morgan fingerprint density at radius 3 is 2.51 bits per heavy atom. The van der Waals surface area contributed by atoms with Gasteiger partial charge in [-0.05, 0) is 55.0 Å². The molecule has 0 radical (unpaired) electrons. The van der Waals surface area contributed by atoms with E-state index in [0.29, 0.717) is 19.4 Å². The summed E-state index contributed by atoms with van der Waals surface area (Å²) in [5, 5.41) is 11.6. The highest BCUT2D eigenvalue weighted by atomic mass is 32.2. The highest BCUT2D eigenvalue weighted by Crippen LogP contribution is 2.43. The van der Waals surface area contributed by atoms with Crippen LogP contribution >= 0.6 is 0 Å². The number of para-hydroxylation sites is 2. The van der Waals surface area contributed by atoms with Gasteiger partial charge in [-0.1, -0.05) is 38.1 Å². The molecule has 0 spiro atoms. The number of nitrogens with zero attached hydrogens (tertiary/aromatic N) is 1. The number of hydrogen-bond donors (Lipinski definition) is 3. The fourth-order valence-electron chi connectivity index (χ4n) is 4.91. The van der Waals surface area contributed by atoms with E-state index < -0.39 is 10.0 Å². The SMILES string of the molecule is CC1C2=C(CC(C)(C)CC2=O)Nc2ccccc2N1CC(=O)NCCc1ccc(S(N)(=O)=O)cc1. The van der Waals surface area contributed by atoms with Crippen LogP contribution < -0.4 is 20.7 Å². The van der Waals surface area contributed by atoms with E-state index in [1.54, 1.807) is 12.1 Å². The van der Waals surface area contributed by atoms with Crippen molar-refractivity contribution in [2.24, 2.45) is 10.6 Å². The van der Waals surface area contributed by atoms with Gasteiger partial charge in [0.25, 0.3) is 0 Å². The van der Waals surface area contributed by atoms with Gasteiger partial charge in [0.05, 0.1) is 28.9 Å². The quantitative estimate of drug-likeness (QED) is 0.565. The number of fused-ring (bicyclic) bond motifs is 1. The summed E-state index contributed by atoms with van der Waals surface area (Å²) in [6, 6.07) is 13.9. The molecule has 0 saturated carbocycles. The van der Waals surface area contributed by atoms with E-state index in [2.05, 4.69) is 24.5 Å². The lowest BCUT2D eigenvalue weighted by Crippen LogP contribution is -2.45. The second kappa shape index (κ2) is 9.47. The average Bonchev–Trinajstić information content (AvgIpc) is 2.87. The molecule has 1 heterocycles. The highest BCUT2D eigenvalue weighted by Gasteiger charge is 2.39. The molecule has 1 amide bonds. The average molecular weight is 497 g/mol. The Morgan fingerprint density at radius 1 is 1.14 bits per heavy atom. The first-order chi connectivity index (χ1) is 16.4. The standard InChI is InChI=1S/C26H32N4O4S/c1-17-25-21(14-26(2,3)15-23(25)31)29-20-6-4-5-7-22(20)30(17)16-24(32)28-13-12-18-8-10-19(11-9-18)35(27,33)34/h4-11,17,29H,12-16H2,1-3H3,(H,28,32)(H2,27,33,34). The van der Waals surface area contributed by atoms with Gasteiger partial charge in [0.1, 0.15) is 0 Å². The van der Waals surface area contributed by atoms with Crippen LogP contribution in [0.5, 0.6) is 0 Å². The zero-order chi connectivity index (χ0) is 25.4. The van der Waals surface area contributed by atoms with Crippen LogP contribution in [0.4, 0.5) is 11.4 Å². The number of carbonyl (C=O) groups excluding carboxylic acids is 2. The Morgan fingerprint density at radius 2 is 1.83 bits per heavy atom. The first-order valence-corrected chi connectivity index (χ1v) is 13.3. The van der Waals surface area contributed by atoms with E-state index in [1.165, 1.54) is 12.1 Å². The van der Waals surface area contributed by atoms with Crippen molar-refractivity contribution in [1.29, 1.82) is 0 Å². The van der Waals surface area contributed by atoms with Gasteiger partial charge in [0.2, 0.25) is 15.9 Å². The second-order valence-corrected chi connectivity index (χ2v) is 11.6. The number of nitrogens with two attached hydrogens (primary N) is 1. The third kappa shape index (κ3) is 5.57. The Balaban J connectivity index is 1.47. The molecular formula is C26H32N4O4S. The van der Waals surface area contributed by atoms with E-state index in [0.717, 1.165) is 34.6 Å². The van der Waals surface area contributed by atoms with Crippen molar-refractivity contribution in [2.45, 2.75) is 51.0 Å². The predicted molar refractivity (Wildman–Crippen MR) is 136 cm³/mol. The summed E-state index contributed by atoms with van der Waals surface area (Å²) in [5.74, 6) is -0.0298. The zero-order valence-electron chi connectivity index (χ0n) is 20.3. The summed E-state index contributed by atoms with van der Waals surface area (Å²) >= 11 is 0. The van der Waals surface area contributed by atoms with Crippen LogP contribution in [0.15, 0.2) is 64.7 Å². The lowest BCUT2D eigenvalue weighted by Gasteiger charge is -2.36. The molecule has 2 aromatic rings. The molecule has 0 bridgehead atoms. The third-order valence-corrected chi connectivity index (χ3v) is 7.54. The topological polar surface area (TPSA) is 122 Å². The summed E-state index contributed by atoms with van der Waals surface area (Å²) in [5.41, 5.74) is 4.24. The summed E-state index contributed by atoms with van der Waals surface area (Å²) in [6.45, 7) is 6.70. The maximum Gasteiger partial charge on any atom is 0.239 e. The van der Waals surface area contributed by atoms with Gasteiger partial charge >= 0.3 is 0 Å². The van der Waals surface area contributed by atoms with Gasteiger partial charge < -0.3 is 15.5 Å². The van der Waals surface area contributed by atoms with E-state index in [1.807, 2.05) is 36.1 Å². The van der Waals surface area contributed by atoms with Crippen LogP contribution in [0.1, 0.15) is 39.2 Å². The van der Waals surface area contributed by atoms with Crippen molar-refractivity contribution in [2.75, 3.05) is 23.3 Å². The monoisotopic (exact) mass is 496 g/mol. The van der Waals surface area contributed by atoms with Crippen molar-refractivity contribution in [3.05, 3.63) is 65.4 Å². The Bertz CT molecular complexity index is 1280.